The molecule has 0 aliphatic rings. The van der Waals surface area contributed by atoms with Crippen molar-refractivity contribution in [3.8, 4) is 11.4 Å². The number of imidazole rings is 1. The van der Waals surface area contributed by atoms with Crippen LogP contribution in [0.25, 0.3) is 11.4 Å². The highest BCUT2D eigenvalue weighted by atomic mass is 15.3. The van der Waals surface area contributed by atoms with Crippen molar-refractivity contribution >= 4 is 0 Å². The molecule has 0 radical (unpaired) electrons. The third kappa shape index (κ3) is 1.14. The minimum absolute atomic E-state index is 0.790. The Morgan fingerprint density at radius 2 is 2.08 bits per heavy atom. The van der Waals surface area contributed by atoms with Gasteiger partial charge in [0.25, 0.3) is 0 Å². The van der Waals surface area contributed by atoms with Gasteiger partial charge in [-0.1, -0.05) is 6.07 Å². The second-order valence-electron chi connectivity index (χ2n) is 2.42. The van der Waals surface area contributed by atoms with Gasteiger partial charge in [-0.2, -0.15) is 0 Å². The molecule has 60 valence electrons. The summed E-state index contributed by atoms with van der Waals surface area (Å²) in [6, 6.07) is 5.67. The van der Waals surface area contributed by atoms with E-state index in [1.165, 1.54) is 4.68 Å². The van der Waals surface area contributed by atoms with E-state index in [-0.39, 0.29) is 0 Å². The van der Waals surface area contributed by atoms with Crippen LogP contribution >= 0.6 is 0 Å². The third-order valence-electron chi connectivity index (χ3n) is 1.53. The molecule has 0 bridgehead atoms. The molecule has 0 aliphatic heterocycles. The minimum atomic E-state index is 0.790. The van der Waals surface area contributed by atoms with Crippen LogP contribution in [-0.2, 0) is 0 Å². The van der Waals surface area contributed by atoms with Crippen molar-refractivity contribution in [1.29, 1.82) is 0 Å². The molecule has 2 heterocycles. The summed E-state index contributed by atoms with van der Waals surface area (Å²) in [5.74, 6) is 5.44. The van der Waals surface area contributed by atoms with Gasteiger partial charge in [0.2, 0.25) is 0 Å². The molecule has 0 amide bonds. The quantitative estimate of drug-likeness (QED) is 0.623. The summed E-state index contributed by atoms with van der Waals surface area (Å²) in [7, 11) is 0. The summed E-state index contributed by atoms with van der Waals surface area (Å²) >= 11 is 0. The number of nitrogens with two attached hydrogens (primary N) is 1. The van der Waals surface area contributed by atoms with Gasteiger partial charge in [0.05, 0.1) is 11.9 Å². The van der Waals surface area contributed by atoms with Gasteiger partial charge in [0.15, 0.2) is 0 Å². The van der Waals surface area contributed by atoms with Gasteiger partial charge in [-0.15, -0.1) is 0 Å². The predicted octanol–water partition coefficient (Wildman–Crippen LogP) is 0.659. The Labute approximate surface area is 69.7 Å². The van der Waals surface area contributed by atoms with Crippen LogP contribution in [0.15, 0.2) is 36.9 Å². The standard InChI is InChI=1S/C8H8N4/c9-12-5-8(11-6-12)7-3-1-2-4-10-7/h1-6H,9H2. The molecular formula is C8H8N4. The van der Waals surface area contributed by atoms with Gasteiger partial charge in [0, 0.05) is 6.20 Å². The minimum Gasteiger partial charge on any atom is -0.338 e. The maximum Gasteiger partial charge on any atom is 0.114 e. The Kier molecular flexibility index (Phi) is 1.51. The molecule has 0 unspecified atom stereocenters. The van der Waals surface area contributed by atoms with Gasteiger partial charge in [-0.25, -0.2) is 4.98 Å². The van der Waals surface area contributed by atoms with E-state index in [1.54, 1.807) is 18.7 Å². The number of hydrogen-bond acceptors (Lipinski definition) is 3. The topological polar surface area (TPSA) is 56.7 Å². The van der Waals surface area contributed by atoms with E-state index in [0.29, 0.717) is 0 Å². The van der Waals surface area contributed by atoms with Crippen LogP contribution in [0.5, 0.6) is 0 Å². The molecule has 0 saturated heterocycles. The van der Waals surface area contributed by atoms with E-state index in [2.05, 4.69) is 9.97 Å². The number of nitrogen functional groups attached to an aromatic ring is 1. The van der Waals surface area contributed by atoms with E-state index >= 15 is 0 Å². The van der Waals surface area contributed by atoms with Crippen LogP contribution < -0.4 is 5.84 Å². The molecule has 4 heteroatoms. The Morgan fingerprint density at radius 3 is 2.67 bits per heavy atom. The molecule has 0 atom stereocenters. The third-order valence-corrected chi connectivity index (χ3v) is 1.53. The van der Waals surface area contributed by atoms with E-state index in [0.717, 1.165) is 11.4 Å². The first-order valence-electron chi connectivity index (χ1n) is 3.57. The lowest BCUT2D eigenvalue weighted by molar-refractivity contribution is 1.00. The predicted molar refractivity (Wildman–Crippen MR) is 45.6 cm³/mol. The molecule has 0 fully saturated rings. The highest BCUT2D eigenvalue weighted by Gasteiger charge is 1.99. The number of pyridine rings is 1. The Morgan fingerprint density at radius 1 is 1.17 bits per heavy atom. The number of aromatic nitrogens is 3. The molecular weight excluding hydrogens is 152 g/mol. The fourth-order valence-corrected chi connectivity index (χ4v) is 0.983. The maximum absolute atomic E-state index is 5.44. The van der Waals surface area contributed by atoms with Gasteiger partial charge in [-0.05, 0) is 12.1 Å². The first kappa shape index (κ1) is 6.84. The van der Waals surface area contributed by atoms with Crippen LogP contribution in [0.1, 0.15) is 0 Å². The van der Waals surface area contributed by atoms with Crippen molar-refractivity contribution in [2.75, 3.05) is 5.84 Å². The van der Waals surface area contributed by atoms with Crippen molar-refractivity contribution in [3.05, 3.63) is 36.9 Å². The molecule has 0 aliphatic carbocycles. The summed E-state index contributed by atoms with van der Waals surface area (Å²) in [5, 5.41) is 0. The highest BCUT2D eigenvalue weighted by Crippen LogP contribution is 2.11. The van der Waals surface area contributed by atoms with Gasteiger partial charge in [-0.3, -0.25) is 9.66 Å². The fourth-order valence-electron chi connectivity index (χ4n) is 0.983. The molecule has 12 heavy (non-hydrogen) atoms. The number of rotatable bonds is 1. The average Bonchev–Trinajstić information content (AvgIpc) is 2.54. The van der Waals surface area contributed by atoms with Crippen LogP contribution in [0.3, 0.4) is 0 Å². The van der Waals surface area contributed by atoms with Gasteiger partial charge in [0.1, 0.15) is 12.0 Å². The van der Waals surface area contributed by atoms with Crippen LogP contribution in [0.2, 0.25) is 0 Å². The first-order chi connectivity index (χ1) is 5.86. The lowest BCUT2D eigenvalue weighted by Crippen LogP contribution is -2.02. The highest BCUT2D eigenvalue weighted by molar-refractivity contribution is 5.51. The normalized spacial score (nSPS) is 10.0. The van der Waals surface area contributed by atoms with Crippen molar-refractivity contribution < 1.29 is 0 Å². The van der Waals surface area contributed by atoms with Crippen molar-refractivity contribution in [2.24, 2.45) is 0 Å². The van der Waals surface area contributed by atoms with Gasteiger partial charge < -0.3 is 5.84 Å². The second-order valence-corrected chi connectivity index (χ2v) is 2.42. The van der Waals surface area contributed by atoms with Crippen LogP contribution in [0, 0.1) is 0 Å². The van der Waals surface area contributed by atoms with E-state index in [1.807, 2.05) is 18.2 Å². The monoisotopic (exact) mass is 160 g/mol. The van der Waals surface area contributed by atoms with Crippen molar-refractivity contribution in [3.63, 3.8) is 0 Å². The summed E-state index contributed by atoms with van der Waals surface area (Å²) < 4.78 is 1.41. The van der Waals surface area contributed by atoms with Crippen molar-refractivity contribution in [2.45, 2.75) is 0 Å². The average molecular weight is 160 g/mol. The van der Waals surface area contributed by atoms with E-state index in [4.69, 9.17) is 5.84 Å². The van der Waals surface area contributed by atoms with Crippen molar-refractivity contribution in [1.82, 2.24) is 14.6 Å². The number of hydrogen-bond donors (Lipinski definition) is 1. The van der Waals surface area contributed by atoms with Gasteiger partial charge >= 0.3 is 0 Å². The Bertz CT molecular complexity index is 366. The molecule has 0 aromatic carbocycles. The van der Waals surface area contributed by atoms with Crippen LogP contribution in [-0.4, -0.2) is 14.6 Å². The zero-order valence-electron chi connectivity index (χ0n) is 6.38. The molecule has 0 saturated carbocycles. The molecule has 4 nitrogen and oxygen atoms in total. The van der Waals surface area contributed by atoms with E-state index in [9.17, 15) is 0 Å². The maximum atomic E-state index is 5.44. The summed E-state index contributed by atoms with van der Waals surface area (Å²) in [4.78, 5) is 8.19. The molecule has 2 N–H and O–H groups in total. The summed E-state index contributed by atoms with van der Waals surface area (Å²) in [5.41, 5.74) is 1.62. The smallest absolute Gasteiger partial charge is 0.114 e. The molecule has 2 aromatic rings. The Balaban J connectivity index is 2.45. The molecule has 0 spiro atoms. The first-order valence-corrected chi connectivity index (χ1v) is 3.57. The fraction of sp³-hybridized carbons (Fsp3) is 0. The summed E-state index contributed by atoms with van der Waals surface area (Å²) in [6.07, 6.45) is 5.00. The Hall–Kier alpha value is -1.84. The lowest BCUT2D eigenvalue weighted by Gasteiger charge is -1.91. The SMILES string of the molecule is Nn1cnc(-c2ccccn2)c1. The lowest BCUT2D eigenvalue weighted by atomic mass is 10.3. The zero-order valence-corrected chi connectivity index (χ0v) is 6.38. The number of nitrogens with zero attached hydrogens (tertiary/aromatic N) is 3. The summed E-state index contributed by atoms with van der Waals surface area (Å²) in [6.45, 7) is 0. The molecule has 2 aromatic heterocycles. The van der Waals surface area contributed by atoms with E-state index < -0.39 is 0 Å². The zero-order chi connectivity index (χ0) is 8.39. The largest absolute Gasteiger partial charge is 0.338 e. The van der Waals surface area contributed by atoms with Crippen LogP contribution in [0.4, 0.5) is 0 Å². The molecule has 2 rings (SSSR count). The second kappa shape index (κ2) is 2.65.